The number of esters is 2. The molecule has 0 aromatic rings. The third-order valence-electron chi connectivity index (χ3n) is 3.62. The fourth-order valence-electron chi connectivity index (χ4n) is 2.23. The van der Waals surface area contributed by atoms with Crippen molar-refractivity contribution in [1.82, 2.24) is 5.48 Å². The first-order valence-electron chi connectivity index (χ1n) is 8.72. The lowest BCUT2D eigenvalue weighted by molar-refractivity contribution is -0.180. The average molecular weight is 391 g/mol. The van der Waals surface area contributed by atoms with Crippen LogP contribution >= 0.6 is 11.8 Å². The fraction of sp³-hybridized carbons (Fsp3) is 0.765. The van der Waals surface area contributed by atoms with Crippen LogP contribution in [0.4, 0.5) is 0 Å². The van der Waals surface area contributed by atoms with Crippen molar-refractivity contribution in [3.8, 4) is 0 Å². The summed E-state index contributed by atoms with van der Waals surface area (Å²) in [6.45, 7) is 6.80. The van der Waals surface area contributed by atoms with Gasteiger partial charge < -0.3 is 14.3 Å². The average Bonchev–Trinajstić information content (AvgIpc) is 2.59. The molecule has 0 aromatic carbocycles. The molecule has 0 heterocycles. The van der Waals surface area contributed by atoms with E-state index in [4.69, 9.17) is 14.3 Å². The van der Waals surface area contributed by atoms with Crippen LogP contribution in [-0.4, -0.2) is 48.5 Å². The van der Waals surface area contributed by atoms with Crippen LogP contribution in [-0.2, 0) is 33.5 Å². The Morgan fingerprint density at radius 1 is 0.962 bits per heavy atom. The summed E-state index contributed by atoms with van der Waals surface area (Å²) in [5.41, 5.74) is 0.511. The second-order valence-electron chi connectivity index (χ2n) is 5.52. The maximum Gasteiger partial charge on any atom is 0.349 e. The smallest absolute Gasteiger partial charge is 0.349 e. The molecule has 0 aliphatic heterocycles. The van der Waals surface area contributed by atoms with E-state index in [1.54, 1.807) is 20.8 Å². The van der Waals surface area contributed by atoms with Gasteiger partial charge in [0.15, 0.2) is 5.41 Å². The summed E-state index contributed by atoms with van der Waals surface area (Å²) in [6, 6.07) is 0. The summed E-state index contributed by atoms with van der Waals surface area (Å²) in [5, 5.41) is 0. The number of rotatable bonds is 12. The molecule has 26 heavy (non-hydrogen) atoms. The van der Waals surface area contributed by atoms with Gasteiger partial charge in [-0.1, -0.05) is 13.3 Å². The zero-order chi connectivity index (χ0) is 20.0. The standard InChI is InChI=1S/C17H29NO7S/c1-5-17(15(21)24-7-3,16(22)25-18-13(4)19)10-8-9-11-26-12-14(20)23-6-2/h5-12H2,1-4H3,(H,18,19). The first kappa shape index (κ1) is 24.2. The van der Waals surface area contributed by atoms with Gasteiger partial charge >= 0.3 is 17.9 Å². The van der Waals surface area contributed by atoms with Crippen molar-refractivity contribution < 1.29 is 33.5 Å². The number of unbranched alkanes of at least 4 members (excludes halogenated alkanes) is 1. The molecule has 1 N–H and O–H groups in total. The molecule has 0 spiro atoms. The van der Waals surface area contributed by atoms with E-state index in [0.29, 0.717) is 25.2 Å². The molecule has 0 saturated heterocycles. The van der Waals surface area contributed by atoms with Crippen LogP contribution in [0.25, 0.3) is 0 Å². The highest BCUT2D eigenvalue weighted by Crippen LogP contribution is 2.32. The molecule has 0 aliphatic rings. The number of thioether (sulfide) groups is 1. The van der Waals surface area contributed by atoms with Gasteiger partial charge in [0.2, 0.25) is 5.91 Å². The van der Waals surface area contributed by atoms with Gasteiger partial charge in [-0.3, -0.25) is 14.4 Å². The van der Waals surface area contributed by atoms with Crippen LogP contribution in [0.3, 0.4) is 0 Å². The lowest BCUT2D eigenvalue weighted by Gasteiger charge is -2.27. The molecule has 0 radical (unpaired) electrons. The highest BCUT2D eigenvalue weighted by molar-refractivity contribution is 7.99. The summed E-state index contributed by atoms with van der Waals surface area (Å²) in [4.78, 5) is 51.7. The monoisotopic (exact) mass is 391 g/mol. The summed E-state index contributed by atoms with van der Waals surface area (Å²) in [6.07, 6.45) is 1.71. The van der Waals surface area contributed by atoms with E-state index in [1.165, 1.54) is 18.7 Å². The normalized spacial score (nSPS) is 12.6. The largest absolute Gasteiger partial charge is 0.465 e. The SMILES string of the molecule is CCOC(=O)CSCCCCC(CC)(C(=O)OCC)C(=O)ONC(C)=O. The Hall–Kier alpha value is -1.77. The molecule has 9 heteroatoms. The number of nitrogens with one attached hydrogen (secondary N) is 1. The number of hydrogen-bond donors (Lipinski definition) is 1. The van der Waals surface area contributed by atoms with Crippen molar-refractivity contribution in [1.29, 1.82) is 0 Å². The molecule has 0 bridgehead atoms. The molecule has 0 fully saturated rings. The predicted octanol–water partition coefficient (Wildman–Crippen LogP) is 2.01. The molecule has 8 nitrogen and oxygen atoms in total. The van der Waals surface area contributed by atoms with Crippen LogP contribution in [0.5, 0.6) is 0 Å². The summed E-state index contributed by atoms with van der Waals surface area (Å²) in [7, 11) is 0. The van der Waals surface area contributed by atoms with E-state index in [2.05, 4.69) is 0 Å². The van der Waals surface area contributed by atoms with Gasteiger partial charge in [0, 0.05) is 6.92 Å². The zero-order valence-electron chi connectivity index (χ0n) is 15.9. The van der Waals surface area contributed by atoms with Crippen LogP contribution in [0, 0.1) is 5.41 Å². The highest BCUT2D eigenvalue weighted by atomic mass is 32.2. The fourth-order valence-corrected chi connectivity index (χ4v) is 3.03. The Bertz CT molecular complexity index is 484. The number of carbonyl (C=O) groups is 4. The van der Waals surface area contributed by atoms with Gasteiger partial charge in [0.1, 0.15) is 0 Å². The maximum atomic E-state index is 12.4. The number of carbonyl (C=O) groups excluding carboxylic acids is 4. The van der Waals surface area contributed by atoms with E-state index >= 15 is 0 Å². The van der Waals surface area contributed by atoms with E-state index in [9.17, 15) is 19.2 Å². The van der Waals surface area contributed by atoms with E-state index in [1.807, 2.05) is 5.48 Å². The first-order valence-corrected chi connectivity index (χ1v) is 9.87. The van der Waals surface area contributed by atoms with Crippen molar-refractivity contribution in [3.63, 3.8) is 0 Å². The van der Waals surface area contributed by atoms with Crippen molar-refractivity contribution in [2.45, 2.75) is 53.4 Å². The molecule has 0 aromatic heterocycles. The summed E-state index contributed by atoms with van der Waals surface area (Å²) in [5.74, 6) is -1.31. The van der Waals surface area contributed by atoms with Crippen LogP contribution in [0.2, 0.25) is 0 Å². The van der Waals surface area contributed by atoms with Crippen molar-refractivity contribution in [2.75, 3.05) is 24.7 Å². The van der Waals surface area contributed by atoms with Crippen molar-refractivity contribution in [2.24, 2.45) is 5.41 Å². The third-order valence-corrected chi connectivity index (χ3v) is 4.63. The molecule has 1 atom stereocenters. The number of hydrogen-bond acceptors (Lipinski definition) is 8. The van der Waals surface area contributed by atoms with Gasteiger partial charge in [0.05, 0.1) is 19.0 Å². The number of ether oxygens (including phenoxy) is 2. The van der Waals surface area contributed by atoms with Crippen molar-refractivity contribution in [3.05, 3.63) is 0 Å². The second kappa shape index (κ2) is 13.4. The van der Waals surface area contributed by atoms with E-state index < -0.39 is 23.3 Å². The lowest BCUT2D eigenvalue weighted by Crippen LogP contribution is -2.44. The van der Waals surface area contributed by atoms with Gasteiger partial charge in [-0.05, 0) is 38.9 Å². The third kappa shape index (κ3) is 8.55. The summed E-state index contributed by atoms with van der Waals surface area (Å²) < 4.78 is 9.88. The topological polar surface area (TPSA) is 108 Å². The molecular formula is C17H29NO7S. The molecule has 1 amide bonds. The minimum absolute atomic E-state index is 0.142. The van der Waals surface area contributed by atoms with Crippen molar-refractivity contribution >= 4 is 35.6 Å². The lowest BCUT2D eigenvalue weighted by atomic mass is 9.80. The Morgan fingerprint density at radius 2 is 1.62 bits per heavy atom. The van der Waals surface area contributed by atoms with Gasteiger partial charge in [0.25, 0.3) is 0 Å². The predicted molar refractivity (Wildman–Crippen MR) is 97.1 cm³/mol. The number of hydroxylamine groups is 1. The minimum Gasteiger partial charge on any atom is -0.465 e. The van der Waals surface area contributed by atoms with Crippen LogP contribution < -0.4 is 5.48 Å². The second-order valence-corrected chi connectivity index (χ2v) is 6.62. The molecule has 150 valence electrons. The molecule has 0 aliphatic carbocycles. The maximum absolute atomic E-state index is 12.4. The number of amides is 1. The van der Waals surface area contributed by atoms with Gasteiger partial charge in [-0.15, -0.1) is 0 Å². The Balaban J connectivity index is 4.66. The van der Waals surface area contributed by atoms with Crippen LogP contribution in [0.1, 0.15) is 53.4 Å². The Labute approximate surface area is 158 Å². The molecular weight excluding hydrogens is 362 g/mol. The first-order chi connectivity index (χ1) is 12.3. The zero-order valence-corrected chi connectivity index (χ0v) is 16.7. The van der Waals surface area contributed by atoms with Gasteiger partial charge in [-0.2, -0.15) is 17.2 Å². The quantitative estimate of drug-likeness (QED) is 0.177. The summed E-state index contributed by atoms with van der Waals surface area (Å²) >= 11 is 1.44. The Morgan fingerprint density at radius 3 is 2.15 bits per heavy atom. The molecule has 1 unspecified atom stereocenters. The van der Waals surface area contributed by atoms with E-state index in [0.717, 1.165) is 0 Å². The van der Waals surface area contributed by atoms with Crippen LogP contribution in [0.15, 0.2) is 0 Å². The minimum atomic E-state index is -1.45. The molecule has 0 saturated carbocycles. The highest BCUT2D eigenvalue weighted by Gasteiger charge is 2.47. The van der Waals surface area contributed by atoms with E-state index in [-0.39, 0.29) is 31.2 Å². The Kier molecular flexibility index (Phi) is 12.5. The van der Waals surface area contributed by atoms with Gasteiger partial charge in [-0.25, -0.2) is 4.79 Å². The molecule has 0 rings (SSSR count).